The molecule has 0 bridgehead atoms. The number of pyridine rings is 1. The molecule has 124 valence electrons. The molecule has 1 N–H and O–H groups in total. The molecule has 6 heteroatoms. The molecule has 4 rings (SSSR count). The first-order valence-electron chi connectivity index (χ1n) is 7.98. The Morgan fingerprint density at radius 3 is 2.88 bits per heavy atom. The van der Waals surface area contributed by atoms with Crippen molar-refractivity contribution in [1.29, 1.82) is 0 Å². The van der Waals surface area contributed by atoms with Gasteiger partial charge in [0.15, 0.2) is 0 Å². The van der Waals surface area contributed by atoms with Gasteiger partial charge in [0.05, 0.1) is 11.0 Å². The number of carbonyl (C=O) groups is 1. The Morgan fingerprint density at radius 1 is 1.38 bits per heavy atom. The third-order valence-corrected chi connectivity index (χ3v) is 5.10. The largest absolute Gasteiger partial charge is 0.506 e. The van der Waals surface area contributed by atoms with Crippen LogP contribution in [-0.2, 0) is 0 Å². The van der Waals surface area contributed by atoms with Gasteiger partial charge in [-0.25, -0.2) is 4.98 Å². The number of halogens is 1. The van der Waals surface area contributed by atoms with Crippen LogP contribution in [-0.4, -0.2) is 29.1 Å². The van der Waals surface area contributed by atoms with E-state index >= 15 is 0 Å². The van der Waals surface area contributed by atoms with Crippen LogP contribution in [0.1, 0.15) is 40.2 Å². The highest BCUT2D eigenvalue weighted by Crippen LogP contribution is 2.43. The number of carbonyl (C=O) groups excluding carboxylic acids is 1. The number of hydrogen-bond donors (Lipinski definition) is 1. The molecular weight excluding hydrogens is 372 g/mol. The van der Waals surface area contributed by atoms with E-state index in [1.807, 2.05) is 12.3 Å². The summed E-state index contributed by atoms with van der Waals surface area (Å²) in [5, 5.41) is 9.88. The van der Waals surface area contributed by atoms with Crippen molar-refractivity contribution >= 4 is 27.5 Å². The Balaban J connectivity index is 1.72. The number of anilines is 1. The average molecular weight is 389 g/mol. The molecule has 1 fully saturated rings. The molecule has 1 aliphatic carbocycles. The molecule has 1 amide bonds. The third-order valence-electron chi connectivity index (χ3n) is 4.49. The fraction of sp³-hybridized carbons (Fsp3) is 0.333. The van der Waals surface area contributed by atoms with E-state index in [0.29, 0.717) is 40.5 Å². The van der Waals surface area contributed by atoms with Gasteiger partial charge in [-0.2, -0.15) is 0 Å². The molecule has 0 unspecified atom stereocenters. The van der Waals surface area contributed by atoms with Gasteiger partial charge in [0, 0.05) is 11.8 Å². The first-order valence-corrected chi connectivity index (χ1v) is 8.77. The molecule has 0 radical (unpaired) electrons. The highest BCUT2D eigenvalue weighted by molar-refractivity contribution is 9.10. The lowest BCUT2D eigenvalue weighted by Crippen LogP contribution is -2.38. The van der Waals surface area contributed by atoms with Crippen LogP contribution in [0.3, 0.4) is 0 Å². The fourth-order valence-corrected chi connectivity index (χ4v) is 3.54. The molecule has 0 atom stereocenters. The number of phenolic OH excluding ortho intramolecular Hbond substituents is 1. The lowest BCUT2D eigenvalue weighted by Gasteiger charge is -2.29. The van der Waals surface area contributed by atoms with Gasteiger partial charge in [0.2, 0.25) is 5.88 Å². The minimum atomic E-state index is -0.113. The van der Waals surface area contributed by atoms with Crippen LogP contribution in [0.15, 0.2) is 28.9 Å². The van der Waals surface area contributed by atoms with Crippen molar-refractivity contribution in [2.75, 3.05) is 18.1 Å². The molecule has 0 spiro atoms. The van der Waals surface area contributed by atoms with Crippen LogP contribution in [0, 0.1) is 6.92 Å². The number of aromatic hydroxyl groups is 1. The Bertz CT molecular complexity index is 810. The molecule has 2 heterocycles. The summed E-state index contributed by atoms with van der Waals surface area (Å²) >= 11 is 3.30. The monoisotopic (exact) mass is 388 g/mol. The van der Waals surface area contributed by atoms with E-state index in [-0.39, 0.29) is 11.7 Å². The number of benzene rings is 1. The number of ether oxygens (including phenoxy) is 1. The number of hydrogen-bond acceptors (Lipinski definition) is 4. The standard InChI is InChI=1S/C18H17BrN2O3/c1-10-6-12(7-14(19)16(10)22)18(23)21-4-5-24-17-15(21)8-13(9-20-17)11-2-3-11/h6-9,11,22H,2-5H2,1H3. The summed E-state index contributed by atoms with van der Waals surface area (Å²) in [6.07, 6.45) is 4.21. The van der Waals surface area contributed by atoms with Crippen molar-refractivity contribution < 1.29 is 14.6 Å². The average Bonchev–Trinajstić information content (AvgIpc) is 3.42. The summed E-state index contributed by atoms with van der Waals surface area (Å²) in [6.45, 7) is 2.68. The van der Waals surface area contributed by atoms with Crippen LogP contribution in [0.4, 0.5) is 5.69 Å². The Labute approximate surface area is 148 Å². The zero-order valence-corrected chi connectivity index (χ0v) is 14.8. The highest BCUT2D eigenvalue weighted by atomic mass is 79.9. The number of nitrogens with zero attached hydrogens (tertiary/aromatic N) is 2. The lowest BCUT2D eigenvalue weighted by atomic mass is 10.1. The summed E-state index contributed by atoms with van der Waals surface area (Å²) in [7, 11) is 0. The van der Waals surface area contributed by atoms with E-state index in [1.165, 1.54) is 18.4 Å². The van der Waals surface area contributed by atoms with Crippen LogP contribution in [0.2, 0.25) is 0 Å². The number of rotatable bonds is 2. The maximum atomic E-state index is 13.0. The Morgan fingerprint density at radius 2 is 2.17 bits per heavy atom. The van der Waals surface area contributed by atoms with Crippen molar-refractivity contribution in [3.8, 4) is 11.6 Å². The number of phenols is 1. The summed E-state index contributed by atoms with van der Waals surface area (Å²) in [6, 6.07) is 5.38. The summed E-state index contributed by atoms with van der Waals surface area (Å²) in [5.74, 6) is 1.12. The molecule has 1 aromatic carbocycles. The van der Waals surface area contributed by atoms with E-state index in [0.717, 1.165) is 5.69 Å². The molecule has 24 heavy (non-hydrogen) atoms. The van der Waals surface area contributed by atoms with Gasteiger partial charge >= 0.3 is 0 Å². The predicted molar refractivity (Wildman–Crippen MR) is 93.9 cm³/mol. The normalized spacial score (nSPS) is 16.5. The quantitative estimate of drug-likeness (QED) is 0.850. The second-order valence-corrected chi connectivity index (χ2v) is 7.15. The van der Waals surface area contributed by atoms with Gasteiger partial charge in [-0.15, -0.1) is 0 Å². The maximum Gasteiger partial charge on any atom is 0.258 e. The lowest BCUT2D eigenvalue weighted by molar-refractivity contribution is 0.0975. The van der Waals surface area contributed by atoms with Crippen molar-refractivity contribution in [1.82, 2.24) is 4.98 Å². The Hall–Kier alpha value is -2.08. The van der Waals surface area contributed by atoms with Crippen LogP contribution in [0.25, 0.3) is 0 Å². The van der Waals surface area contributed by atoms with E-state index in [9.17, 15) is 9.90 Å². The van der Waals surface area contributed by atoms with Crippen LogP contribution in [0.5, 0.6) is 11.6 Å². The number of aryl methyl sites for hydroxylation is 1. The number of amides is 1. The van der Waals surface area contributed by atoms with E-state index in [2.05, 4.69) is 20.9 Å². The van der Waals surface area contributed by atoms with Gasteiger partial charge in [-0.3, -0.25) is 4.79 Å². The van der Waals surface area contributed by atoms with E-state index in [4.69, 9.17) is 4.74 Å². The zero-order valence-electron chi connectivity index (χ0n) is 13.3. The van der Waals surface area contributed by atoms with Crippen LogP contribution < -0.4 is 9.64 Å². The second-order valence-electron chi connectivity index (χ2n) is 6.30. The summed E-state index contributed by atoms with van der Waals surface area (Å²) in [4.78, 5) is 19.1. The second kappa shape index (κ2) is 5.77. The van der Waals surface area contributed by atoms with Gasteiger partial charge in [0.25, 0.3) is 5.91 Å². The molecule has 1 saturated carbocycles. The first kappa shape index (κ1) is 15.4. The molecule has 2 aromatic rings. The smallest absolute Gasteiger partial charge is 0.258 e. The molecule has 0 saturated heterocycles. The molecule has 1 aromatic heterocycles. The highest BCUT2D eigenvalue weighted by Gasteiger charge is 2.30. The minimum absolute atomic E-state index is 0.113. The van der Waals surface area contributed by atoms with E-state index < -0.39 is 0 Å². The fourth-order valence-electron chi connectivity index (χ4n) is 2.98. The van der Waals surface area contributed by atoms with Crippen LogP contribution >= 0.6 is 15.9 Å². The van der Waals surface area contributed by atoms with Crippen molar-refractivity contribution in [2.24, 2.45) is 0 Å². The van der Waals surface area contributed by atoms with Crippen molar-refractivity contribution in [3.63, 3.8) is 0 Å². The van der Waals surface area contributed by atoms with Crippen molar-refractivity contribution in [2.45, 2.75) is 25.7 Å². The van der Waals surface area contributed by atoms with E-state index in [1.54, 1.807) is 24.0 Å². The topological polar surface area (TPSA) is 62.7 Å². The van der Waals surface area contributed by atoms with Gasteiger partial charge in [0.1, 0.15) is 18.0 Å². The molecular formula is C18H17BrN2O3. The number of aromatic nitrogens is 1. The summed E-state index contributed by atoms with van der Waals surface area (Å²) < 4.78 is 6.12. The van der Waals surface area contributed by atoms with Gasteiger partial charge in [-0.1, -0.05) is 0 Å². The number of fused-ring (bicyclic) bond motifs is 1. The zero-order chi connectivity index (χ0) is 16.8. The molecule has 2 aliphatic rings. The Kier molecular flexibility index (Phi) is 3.72. The maximum absolute atomic E-state index is 13.0. The molecule has 5 nitrogen and oxygen atoms in total. The predicted octanol–water partition coefficient (Wildman–Crippen LogP) is 3.77. The third kappa shape index (κ3) is 2.65. The molecule has 1 aliphatic heterocycles. The SMILES string of the molecule is Cc1cc(C(=O)N2CCOc3ncc(C4CC4)cc32)cc(Br)c1O. The summed E-state index contributed by atoms with van der Waals surface area (Å²) in [5.41, 5.74) is 3.09. The van der Waals surface area contributed by atoms with Gasteiger partial charge < -0.3 is 14.7 Å². The van der Waals surface area contributed by atoms with Gasteiger partial charge in [-0.05, 0) is 70.9 Å². The van der Waals surface area contributed by atoms with Crippen molar-refractivity contribution in [3.05, 3.63) is 45.6 Å². The minimum Gasteiger partial charge on any atom is -0.506 e. The first-order chi connectivity index (χ1) is 11.5.